The summed E-state index contributed by atoms with van der Waals surface area (Å²) in [4.78, 5) is 12.0. The molecular formula is C20H25NO3. The number of carbonyl (C=O) groups excluding carboxylic acids is 1. The Kier molecular flexibility index (Phi) is 6.67. The molecule has 0 saturated carbocycles. The lowest BCUT2D eigenvalue weighted by atomic mass is 10.1. The molecule has 0 bridgehead atoms. The van der Waals surface area contributed by atoms with Crippen LogP contribution in [0.2, 0.25) is 0 Å². The van der Waals surface area contributed by atoms with Crippen molar-refractivity contribution >= 4 is 5.91 Å². The van der Waals surface area contributed by atoms with Crippen molar-refractivity contribution < 1.29 is 14.3 Å². The van der Waals surface area contributed by atoms with Crippen LogP contribution in [0.5, 0.6) is 11.5 Å². The van der Waals surface area contributed by atoms with Gasteiger partial charge >= 0.3 is 0 Å². The molecule has 0 aliphatic heterocycles. The minimum Gasteiger partial charge on any atom is -0.493 e. The predicted octanol–water partition coefficient (Wildman–Crippen LogP) is 3.52. The first-order valence-corrected chi connectivity index (χ1v) is 8.19. The zero-order valence-corrected chi connectivity index (χ0v) is 14.5. The molecule has 128 valence electrons. The first-order chi connectivity index (χ1) is 11.6. The maximum atomic E-state index is 12.0. The maximum Gasteiger partial charge on any atom is 0.258 e. The van der Waals surface area contributed by atoms with E-state index >= 15 is 0 Å². The molecule has 2 rings (SSSR count). The van der Waals surface area contributed by atoms with Gasteiger partial charge in [0, 0.05) is 6.04 Å². The van der Waals surface area contributed by atoms with Gasteiger partial charge in [-0.15, -0.1) is 0 Å². The molecule has 0 heterocycles. The monoisotopic (exact) mass is 327 g/mol. The number of hydrogen-bond donors (Lipinski definition) is 1. The van der Waals surface area contributed by atoms with E-state index in [0.717, 1.165) is 18.4 Å². The lowest BCUT2D eigenvalue weighted by Gasteiger charge is -2.15. The van der Waals surface area contributed by atoms with Crippen molar-refractivity contribution in [2.75, 3.05) is 13.7 Å². The number of aryl methyl sites for hydroxylation is 2. The summed E-state index contributed by atoms with van der Waals surface area (Å²) >= 11 is 0. The van der Waals surface area contributed by atoms with Crippen LogP contribution in [0.1, 0.15) is 24.5 Å². The number of hydrogen-bond acceptors (Lipinski definition) is 3. The SMILES string of the molecule is COc1cc(C)ccc1OCC(=O)NC(C)CCc1ccccc1. The van der Waals surface area contributed by atoms with Gasteiger partial charge in [0.2, 0.25) is 0 Å². The first-order valence-electron chi connectivity index (χ1n) is 8.19. The molecule has 0 fully saturated rings. The van der Waals surface area contributed by atoms with Gasteiger partial charge in [-0.2, -0.15) is 0 Å². The van der Waals surface area contributed by atoms with Crippen LogP contribution < -0.4 is 14.8 Å². The zero-order valence-electron chi connectivity index (χ0n) is 14.5. The van der Waals surface area contributed by atoms with E-state index < -0.39 is 0 Å². The Balaban J connectivity index is 1.76. The number of ether oxygens (including phenoxy) is 2. The van der Waals surface area contributed by atoms with Gasteiger partial charge in [0.05, 0.1) is 7.11 Å². The third kappa shape index (κ3) is 5.61. The van der Waals surface area contributed by atoms with E-state index in [1.165, 1.54) is 5.56 Å². The van der Waals surface area contributed by atoms with Crippen LogP contribution in [0.3, 0.4) is 0 Å². The summed E-state index contributed by atoms with van der Waals surface area (Å²) in [5, 5.41) is 2.96. The number of amides is 1. The van der Waals surface area contributed by atoms with Crippen molar-refractivity contribution in [2.24, 2.45) is 0 Å². The molecular weight excluding hydrogens is 302 g/mol. The van der Waals surface area contributed by atoms with Crippen LogP contribution in [-0.2, 0) is 11.2 Å². The van der Waals surface area contributed by atoms with Crippen molar-refractivity contribution in [2.45, 2.75) is 32.7 Å². The number of benzene rings is 2. The van der Waals surface area contributed by atoms with E-state index in [2.05, 4.69) is 17.4 Å². The smallest absolute Gasteiger partial charge is 0.258 e. The summed E-state index contributed by atoms with van der Waals surface area (Å²) in [5.41, 5.74) is 2.36. The number of rotatable bonds is 8. The van der Waals surface area contributed by atoms with E-state index in [0.29, 0.717) is 11.5 Å². The van der Waals surface area contributed by atoms with Gasteiger partial charge in [-0.25, -0.2) is 0 Å². The van der Waals surface area contributed by atoms with Crippen molar-refractivity contribution in [1.82, 2.24) is 5.32 Å². The highest BCUT2D eigenvalue weighted by Crippen LogP contribution is 2.27. The standard InChI is InChI=1S/C20H25NO3/c1-15-9-12-18(19(13-15)23-3)24-14-20(22)21-16(2)10-11-17-7-5-4-6-8-17/h4-9,12-13,16H,10-11,14H2,1-3H3,(H,21,22). The van der Waals surface area contributed by atoms with Gasteiger partial charge in [0.25, 0.3) is 5.91 Å². The molecule has 2 aromatic rings. The molecule has 2 aromatic carbocycles. The summed E-state index contributed by atoms with van der Waals surface area (Å²) < 4.78 is 10.8. The Morgan fingerprint density at radius 1 is 1.12 bits per heavy atom. The summed E-state index contributed by atoms with van der Waals surface area (Å²) in [6, 6.07) is 16.0. The highest BCUT2D eigenvalue weighted by molar-refractivity contribution is 5.77. The number of nitrogens with one attached hydrogen (secondary N) is 1. The molecule has 4 heteroatoms. The van der Waals surface area contributed by atoms with E-state index in [9.17, 15) is 4.79 Å². The molecule has 4 nitrogen and oxygen atoms in total. The van der Waals surface area contributed by atoms with Gasteiger partial charge in [0.15, 0.2) is 18.1 Å². The Bertz CT molecular complexity index is 655. The van der Waals surface area contributed by atoms with Crippen LogP contribution in [-0.4, -0.2) is 25.7 Å². The maximum absolute atomic E-state index is 12.0. The zero-order chi connectivity index (χ0) is 17.4. The van der Waals surface area contributed by atoms with Crippen molar-refractivity contribution in [3.05, 3.63) is 59.7 Å². The van der Waals surface area contributed by atoms with Gasteiger partial charge in [-0.3, -0.25) is 4.79 Å². The van der Waals surface area contributed by atoms with Crippen LogP contribution in [0.25, 0.3) is 0 Å². The molecule has 1 amide bonds. The fourth-order valence-electron chi connectivity index (χ4n) is 2.45. The van der Waals surface area contributed by atoms with Crippen molar-refractivity contribution in [3.8, 4) is 11.5 Å². The average Bonchev–Trinajstić information content (AvgIpc) is 2.59. The first kappa shape index (κ1) is 17.9. The van der Waals surface area contributed by atoms with Crippen LogP contribution in [0.15, 0.2) is 48.5 Å². The molecule has 0 aromatic heterocycles. The van der Waals surface area contributed by atoms with Gasteiger partial charge < -0.3 is 14.8 Å². The Morgan fingerprint density at radius 3 is 2.58 bits per heavy atom. The Labute approximate surface area is 143 Å². The van der Waals surface area contributed by atoms with Crippen molar-refractivity contribution in [1.29, 1.82) is 0 Å². The summed E-state index contributed by atoms with van der Waals surface area (Å²) in [7, 11) is 1.59. The minimum atomic E-state index is -0.127. The van der Waals surface area contributed by atoms with Gasteiger partial charge in [-0.1, -0.05) is 36.4 Å². The third-order valence-electron chi connectivity index (χ3n) is 3.79. The molecule has 0 radical (unpaired) electrons. The second-order valence-corrected chi connectivity index (χ2v) is 5.94. The third-order valence-corrected chi connectivity index (χ3v) is 3.79. The van der Waals surface area contributed by atoms with Crippen LogP contribution in [0, 0.1) is 6.92 Å². The molecule has 1 atom stereocenters. The van der Waals surface area contributed by atoms with E-state index in [1.807, 2.05) is 50.2 Å². The van der Waals surface area contributed by atoms with Gasteiger partial charge in [-0.05, 0) is 49.9 Å². The highest BCUT2D eigenvalue weighted by Gasteiger charge is 2.10. The molecule has 0 aliphatic rings. The van der Waals surface area contributed by atoms with Gasteiger partial charge in [0.1, 0.15) is 0 Å². The fraction of sp³-hybridized carbons (Fsp3) is 0.350. The minimum absolute atomic E-state index is 0.0188. The van der Waals surface area contributed by atoms with Crippen molar-refractivity contribution in [3.63, 3.8) is 0 Å². The highest BCUT2D eigenvalue weighted by atomic mass is 16.5. The summed E-state index contributed by atoms with van der Waals surface area (Å²) in [5.74, 6) is 1.09. The molecule has 0 spiro atoms. The second kappa shape index (κ2) is 8.96. The normalized spacial score (nSPS) is 11.6. The predicted molar refractivity (Wildman–Crippen MR) is 95.6 cm³/mol. The van der Waals surface area contributed by atoms with Crippen LogP contribution in [0.4, 0.5) is 0 Å². The number of carbonyl (C=O) groups is 1. The number of methoxy groups -OCH3 is 1. The molecule has 24 heavy (non-hydrogen) atoms. The Morgan fingerprint density at radius 2 is 1.88 bits per heavy atom. The fourth-order valence-corrected chi connectivity index (χ4v) is 2.45. The molecule has 1 N–H and O–H groups in total. The van der Waals surface area contributed by atoms with E-state index in [-0.39, 0.29) is 18.6 Å². The van der Waals surface area contributed by atoms with E-state index in [4.69, 9.17) is 9.47 Å². The lowest BCUT2D eigenvalue weighted by Crippen LogP contribution is -2.36. The Hall–Kier alpha value is -2.49. The summed E-state index contributed by atoms with van der Waals surface area (Å²) in [6.07, 6.45) is 1.83. The topological polar surface area (TPSA) is 47.6 Å². The second-order valence-electron chi connectivity index (χ2n) is 5.94. The lowest BCUT2D eigenvalue weighted by molar-refractivity contribution is -0.123. The van der Waals surface area contributed by atoms with Crippen LogP contribution >= 0.6 is 0 Å². The largest absolute Gasteiger partial charge is 0.493 e. The summed E-state index contributed by atoms with van der Waals surface area (Å²) in [6.45, 7) is 3.97. The van der Waals surface area contributed by atoms with E-state index in [1.54, 1.807) is 7.11 Å². The molecule has 0 saturated heterocycles. The molecule has 0 aliphatic carbocycles. The average molecular weight is 327 g/mol. The molecule has 1 unspecified atom stereocenters. The quantitative estimate of drug-likeness (QED) is 0.807.